The molecule has 4 heteroatoms. The van der Waals surface area contributed by atoms with Gasteiger partial charge in [-0.25, -0.2) is 0 Å². The Morgan fingerprint density at radius 2 is 2.07 bits per heavy atom. The highest BCUT2D eigenvalue weighted by molar-refractivity contribution is 7.11. The Morgan fingerprint density at radius 1 is 1.40 bits per heavy atom. The predicted octanol–water partition coefficient (Wildman–Crippen LogP) is 3.92. The molecule has 1 aromatic rings. The van der Waals surface area contributed by atoms with Crippen LogP contribution in [0.3, 0.4) is 0 Å². The van der Waals surface area contributed by atoms with E-state index in [1.54, 1.807) is 11.3 Å². The van der Waals surface area contributed by atoms with Crippen molar-refractivity contribution in [3.05, 3.63) is 10.0 Å². The molecule has 2 nitrogen and oxygen atoms in total. The first-order chi connectivity index (χ1) is 7.01. The summed E-state index contributed by atoms with van der Waals surface area (Å²) in [6.07, 6.45) is 4.03. The zero-order valence-corrected chi connectivity index (χ0v) is 11.0. The van der Waals surface area contributed by atoms with E-state index >= 15 is 0 Å². The largest absolute Gasteiger partial charge is 0.143 e. The quantitative estimate of drug-likeness (QED) is 0.754. The van der Waals surface area contributed by atoms with E-state index in [4.69, 9.17) is 11.6 Å². The van der Waals surface area contributed by atoms with Crippen molar-refractivity contribution in [3.8, 4) is 0 Å². The first kappa shape index (κ1) is 11.3. The van der Waals surface area contributed by atoms with Gasteiger partial charge in [0.1, 0.15) is 10.0 Å². The van der Waals surface area contributed by atoms with Crippen LogP contribution < -0.4 is 0 Å². The maximum absolute atomic E-state index is 6.00. The number of rotatable bonds is 3. The van der Waals surface area contributed by atoms with E-state index in [1.165, 1.54) is 19.3 Å². The number of alkyl halides is 1. The van der Waals surface area contributed by atoms with Gasteiger partial charge in [-0.15, -0.1) is 21.8 Å². The minimum atomic E-state index is -0.0200. The molecule has 0 N–H and O–H groups in total. The summed E-state index contributed by atoms with van der Waals surface area (Å²) in [5.41, 5.74) is 0.181. The molecule has 1 heterocycles. The van der Waals surface area contributed by atoms with Crippen molar-refractivity contribution in [1.82, 2.24) is 10.2 Å². The van der Waals surface area contributed by atoms with Crippen LogP contribution >= 0.6 is 22.9 Å². The van der Waals surface area contributed by atoms with Crippen molar-refractivity contribution in [2.24, 2.45) is 5.92 Å². The van der Waals surface area contributed by atoms with E-state index < -0.39 is 0 Å². The van der Waals surface area contributed by atoms with Gasteiger partial charge in [0.05, 0.1) is 5.38 Å². The van der Waals surface area contributed by atoms with Crippen molar-refractivity contribution in [2.75, 3.05) is 0 Å². The molecule has 1 aromatic heterocycles. The van der Waals surface area contributed by atoms with E-state index in [2.05, 4.69) is 24.0 Å². The fourth-order valence-electron chi connectivity index (χ4n) is 1.96. The van der Waals surface area contributed by atoms with Crippen molar-refractivity contribution in [3.63, 3.8) is 0 Å². The highest BCUT2D eigenvalue weighted by Gasteiger charge is 2.38. The Balaban J connectivity index is 2.20. The number of aromatic nitrogens is 2. The molecule has 1 aliphatic carbocycles. The predicted molar refractivity (Wildman–Crippen MR) is 64.5 cm³/mol. The Morgan fingerprint density at radius 3 is 2.47 bits per heavy atom. The standard InChI is InChI=1S/C11H17ClN2S/c1-7(12)9-13-14-10(15-9)11(2,3)8-5-4-6-8/h7-8H,4-6H2,1-3H3. The van der Waals surface area contributed by atoms with Crippen LogP contribution in [-0.4, -0.2) is 10.2 Å². The molecule has 1 saturated carbocycles. The number of halogens is 1. The van der Waals surface area contributed by atoms with E-state index in [1.807, 2.05) is 6.92 Å². The summed E-state index contributed by atoms with van der Waals surface area (Å²) < 4.78 is 0. The van der Waals surface area contributed by atoms with Crippen molar-refractivity contribution in [1.29, 1.82) is 0 Å². The lowest BCUT2D eigenvalue weighted by Crippen LogP contribution is -2.33. The average molecular weight is 245 g/mol. The summed E-state index contributed by atoms with van der Waals surface area (Å²) in [6, 6.07) is 0. The summed E-state index contributed by atoms with van der Waals surface area (Å²) in [7, 11) is 0. The van der Waals surface area contributed by atoms with Gasteiger partial charge in [0, 0.05) is 5.41 Å². The summed E-state index contributed by atoms with van der Waals surface area (Å²) in [6.45, 7) is 6.50. The lowest BCUT2D eigenvalue weighted by atomic mass is 9.68. The van der Waals surface area contributed by atoms with Crippen LogP contribution in [0.2, 0.25) is 0 Å². The van der Waals surface area contributed by atoms with Crippen LogP contribution in [0.25, 0.3) is 0 Å². The van der Waals surface area contributed by atoms with Crippen molar-refractivity contribution in [2.45, 2.75) is 50.8 Å². The number of nitrogens with zero attached hydrogens (tertiary/aromatic N) is 2. The van der Waals surface area contributed by atoms with E-state index in [9.17, 15) is 0 Å². The fraction of sp³-hybridized carbons (Fsp3) is 0.818. The second-order valence-electron chi connectivity index (χ2n) is 4.91. The smallest absolute Gasteiger partial charge is 0.135 e. The second-order valence-corrected chi connectivity index (χ2v) is 6.57. The van der Waals surface area contributed by atoms with Gasteiger partial charge in [0.15, 0.2) is 0 Å². The van der Waals surface area contributed by atoms with Crippen LogP contribution in [-0.2, 0) is 5.41 Å². The summed E-state index contributed by atoms with van der Waals surface area (Å²) in [5, 5.41) is 10.5. The first-order valence-electron chi connectivity index (χ1n) is 5.49. The molecule has 15 heavy (non-hydrogen) atoms. The lowest BCUT2D eigenvalue weighted by Gasteiger charge is -2.38. The van der Waals surface area contributed by atoms with Gasteiger partial charge in [-0.05, 0) is 25.7 Å². The van der Waals surface area contributed by atoms with Crippen LogP contribution in [0.5, 0.6) is 0 Å². The highest BCUT2D eigenvalue weighted by Crippen LogP contribution is 2.45. The molecule has 0 aromatic carbocycles. The molecular weight excluding hydrogens is 228 g/mol. The summed E-state index contributed by atoms with van der Waals surface area (Å²) in [5.74, 6) is 0.781. The van der Waals surface area contributed by atoms with Crippen molar-refractivity contribution >= 4 is 22.9 Å². The molecule has 1 aliphatic rings. The van der Waals surface area contributed by atoms with Crippen molar-refractivity contribution < 1.29 is 0 Å². The maximum Gasteiger partial charge on any atom is 0.135 e. The van der Waals surface area contributed by atoms with E-state index in [0.717, 1.165) is 15.9 Å². The molecule has 0 amide bonds. The zero-order valence-electron chi connectivity index (χ0n) is 9.46. The van der Waals surface area contributed by atoms with Gasteiger partial charge in [-0.2, -0.15) is 0 Å². The molecule has 0 spiro atoms. The normalized spacial score (nSPS) is 20.0. The summed E-state index contributed by atoms with van der Waals surface area (Å²) >= 11 is 7.67. The van der Waals surface area contributed by atoms with Gasteiger partial charge in [-0.3, -0.25) is 0 Å². The molecule has 1 unspecified atom stereocenters. The van der Waals surface area contributed by atoms with E-state index in [-0.39, 0.29) is 10.8 Å². The Hall–Kier alpha value is -0.150. The fourth-order valence-corrected chi connectivity index (χ4v) is 3.09. The minimum absolute atomic E-state index is 0.0200. The Labute approximate surface area is 100 Å². The monoisotopic (exact) mass is 244 g/mol. The zero-order chi connectivity index (χ0) is 11.1. The number of hydrogen-bond donors (Lipinski definition) is 0. The molecule has 84 valence electrons. The third-order valence-corrected chi connectivity index (χ3v) is 5.24. The van der Waals surface area contributed by atoms with Gasteiger partial charge in [-0.1, -0.05) is 31.6 Å². The average Bonchev–Trinajstić information content (AvgIpc) is 2.46. The molecule has 0 radical (unpaired) electrons. The topological polar surface area (TPSA) is 25.8 Å². The molecule has 0 bridgehead atoms. The molecule has 1 fully saturated rings. The Bertz CT molecular complexity index is 342. The Kier molecular flexibility index (Phi) is 3.04. The van der Waals surface area contributed by atoms with Crippen LogP contribution in [0, 0.1) is 5.92 Å². The van der Waals surface area contributed by atoms with Crippen LogP contribution in [0.4, 0.5) is 0 Å². The molecule has 2 rings (SSSR count). The second kappa shape index (κ2) is 4.02. The van der Waals surface area contributed by atoms with Gasteiger partial charge < -0.3 is 0 Å². The summed E-state index contributed by atoms with van der Waals surface area (Å²) in [4.78, 5) is 0. The highest BCUT2D eigenvalue weighted by atomic mass is 35.5. The van der Waals surface area contributed by atoms with Crippen LogP contribution in [0.1, 0.15) is 55.4 Å². The van der Waals surface area contributed by atoms with Gasteiger partial charge in [0.2, 0.25) is 0 Å². The molecule has 0 aliphatic heterocycles. The third kappa shape index (κ3) is 2.04. The SMILES string of the molecule is CC(Cl)c1nnc(C(C)(C)C2CCC2)s1. The van der Waals surface area contributed by atoms with Gasteiger partial charge in [0.25, 0.3) is 0 Å². The molecule has 1 atom stereocenters. The minimum Gasteiger partial charge on any atom is -0.143 e. The molecule has 0 saturated heterocycles. The van der Waals surface area contributed by atoms with Gasteiger partial charge >= 0.3 is 0 Å². The van der Waals surface area contributed by atoms with E-state index in [0.29, 0.717) is 0 Å². The third-order valence-electron chi connectivity index (χ3n) is 3.46. The molecular formula is C11H17ClN2S. The maximum atomic E-state index is 6.00. The number of hydrogen-bond acceptors (Lipinski definition) is 3. The lowest BCUT2D eigenvalue weighted by molar-refractivity contribution is 0.193. The van der Waals surface area contributed by atoms with Crippen LogP contribution in [0.15, 0.2) is 0 Å². The first-order valence-corrected chi connectivity index (χ1v) is 6.75.